The van der Waals surface area contributed by atoms with Crippen LogP contribution in [0.1, 0.15) is 12.8 Å². The quantitative estimate of drug-likeness (QED) is 0.707. The van der Waals surface area contributed by atoms with Gasteiger partial charge in [0.2, 0.25) is 5.91 Å². The minimum atomic E-state index is -0.917. The summed E-state index contributed by atoms with van der Waals surface area (Å²) in [4.78, 5) is 11.7. The molecule has 106 valence electrons. The van der Waals surface area contributed by atoms with Gasteiger partial charge in [-0.1, -0.05) is 12.1 Å². The first-order chi connectivity index (χ1) is 9.13. The number of benzene rings is 1. The Hall–Kier alpha value is -1.40. The molecule has 0 aliphatic heterocycles. The summed E-state index contributed by atoms with van der Waals surface area (Å²) in [5.41, 5.74) is 6.88. The molecule has 1 rings (SSSR count). The lowest BCUT2D eigenvalue weighted by atomic mass is 10.2. The van der Waals surface area contributed by atoms with Gasteiger partial charge >= 0.3 is 0 Å². The second-order valence-electron chi connectivity index (χ2n) is 4.08. The van der Waals surface area contributed by atoms with Gasteiger partial charge in [-0.3, -0.25) is 9.00 Å². The first-order valence-electron chi connectivity index (χ1n) is 6.11. The van der Waals surface area contributed by atoms with Crippen molar-refractivity contribution < 1.29 is 13.7 Å². The monoisotopic (exact) mass is 284 g/mol. The van der Waals surface area contributed by atoms with Crippen LogP contribution in [0.15, 0.2) is 24.3 Å². The van der Waals surface area contributed by atoms with Crippen molar-refractivity contribution in [2.45, 2.75) is 12.8 Å². The topological polar surface area (TPSA) is 81.4 Å². The average Bonchev–Trinajstić information content (AvgIpc) is 2.39. The van der Waals surface area contributed by atoms with Gasteiger partial charge in [-0.2, -0.15) is 0 Å². The highest BCUT2D eigenvalue weighted by atomic mass is 32.2. The fraction of sp³-hybridized carbons (Fsp3) is 0.462. The molecule has 0 radical (unpaired) electrons. The number of rotatable bonds is 8. The molecule has 6 heteroatoms. The number of hydrogen-bond donors (Lipinski definition) is 2. The highest BCUT2D eigenvalue weighted by molar-refractivity contribution is 7.84. The zero-order valence-electron chi connectivity index (χ0n) is 11.1. The van der Waals surface area contributed by atoms with Crippen molar-refractivity contribution in [3.8, 4) is 0 Å². The van der Waals surface area contributed by atoms with Gasteiger partial charge in [-0.25, -0.2) is 0 Å². The lowest BCUT2D eigenvalue weighted by molar-refractivity contribution is -0.116. The molecule has 0 bridgehead atoms. The number of carbonyl (C=O) groups excluding carboxylic acids is 1. The maximum Gasteiger partial charge on any atom is 0.224 e. The molecule has 5 nitrogen and oxygen atoms in total. The van der Waals surface area contributed by atoms with Gasteiger partial charge in [0, 0.05) is 35.8 Å². The molecule has 3 N–H and O–H groups in total. The van der Waals surface area contributed by atoms with Crippen LogP contribution in [0, 0.1) is 0 Å². The highest BCUT2D eigenvalue weighted by Crippen LogP contribution is 2.16. The normalized spacial score (nSPS) is 12.1. The van der Waals surface area contributed by atoms with Crippen LogP contribution in [0.5, 0.6) is 0 Å². The van der Waals surface area contributed by atoms with E-state index in [1.54, 1.807) is 19.2 Å². The van der Waals surface area contributed by atoms with E-state index in [9.17, 15) is 9.00 Å². The van der Waals surface area contributed by atoms with Crippen molar-refractivity contribution in [2.24, 2.45) is 0 Å². The number of amides is 1. The molecule has 0 saturated heterocycles. The minimum absolute atomic E-state index is 0.110. The van der Waals surface area contributed by atoms with E-state index in [0.717, 1.165) is 0 Å². The number of nitrogens with one attached hydrogen (secondary N) is 1. The van der Waals surface area contributed by atoms with Crippen LogP contribution >= 0.6 is 0 Å². The van der Waals surface area contributed by atoms with Crippen LogP contribution in [0.3, 0.4) is 0 Å². The van der Waals surface area contributed by atoms with Crippen molar-refractivity contribution in [3.05, 3.63) is 24.3 Å². The van der Waals surface area contributed by atoms with Crippen LogP contribution in [-0.4, -0.2) is 35.3 Å². The van der Waals surface area contributed by atoms with Crippen molar-refractivity contribution in [1.82, 2.24) is 0 Å². The Morgan fingerprint density at radius 2 is 2.11 bits per heavy atom. The van der Waals surface area contributed by atoms with E-state index < -0.39 is 10.8 Å². The second kappa shape index (κ2) is 8.66. The van der Waals surface area contributed by atoms with Crippen molar-refractivity contribution in [3.63, 3.8) is 0 Å². The van der Waals surface area contributed by atoms with Gasteiger partial charge in [-0.05, 0) is 18.6 Å². The van der Waals surface area contributed by atoms with Crippen molar-refractivity contribution >= 4 is 28.1 Å². The van der Waals surface area contributed by atoms with Gasteiger partial charge in [0.05, 0.1) is 18.0 Å². The van der Waals surface area contributed by atoms with Gasteiger partial charge in [0.15, 0.2) is 0 Å². The smallest absolute Gasteiger partial charge is 0.224 e. The van der Waals surface area contributed by atoms with Crippen LogP contribution < -0.4 is 11.1 Å². The summed E-state index contributed by atoms with van der Waals surface area (Å²) in [5.74, 6) is 0.923. The van der Waals surface area contributed by atoms with E-state index in [4.69, 9.17) is 10.5 Å². The van der Waals surface area contributed by atoms with Crippen LogP contribution in [0.2, 0.25) is 0 Å². The van der Waals surface area contributed by atoms with E-state index in [1.165, 1.54) is 0 Å². The van der Waals surface area contributed by atoms with Gasteiger partial charge in [0.25, 0.3) is 0 Å². The Morgan fingerprint density at radius 1 is 1.37 bits per heavy atom. The third-order valence-electron chi connectivity index (χ3n) is 2.53. The number of carbonyl (C=O) groups is 1. The summed E-state index contributed by atoms with van der Waals surface area (Å²) < 4.78 is 16.3. The summed E-state index contributed by atoms with van der Waals surface area (Å²) >= 11 is 0. The second-order valence-corrected chi connectivity index (χ2v) is 5.78. The zero-order valence-corrected chi connectivity index (χ0v) is 11.9. The molecular formula is C13H20N2O3S. The highest BCUT2D eigenvalue weighted by Gasteiger charge is 2.06. The summed E-state index contributed by atoms with van der Waals surface area (Å²) in [6.07, 6.45) is 0.932. The van der Waals surface area contributed by atoms with E-state index >= 15 is 0 Å². The molecular weight excluding hydrogens is 264 g/mol. The Labute approximate surface area is 116 Å². The molecule has 0 aromatic heterocycles. The number of nitrogens with two attached hydrogens (primary N) is 1. The maximum absolute atomic E-state index is 11.7. The van der Waals surface area contributed by atoms with Gasteiger partial charge in [0.1, 0.15) is 0 Å². The predicted octanol–water partition coefficient (Wildman–Crippen LogP) is 1.38. The van der Waals surface area contributed by atoms with Crippen molar-refractivity contribution in [2.75, 3.05) is 36.3 Å². The number of ether oxygens (including phenoxy) is 1. The minimum Gasteiger partial charge on any atom is -0.397 e. The Balaban J connectivity index is 2.25. The molecule has 0 aliphatic carbocycles. The number of hydrogen-bond acceptors (Lipinski definition) is 4. The predicted molar refractivity (Wildman–Crippen MR) is 78.5 cm³/mol. The third-order valence-corrected chi connectivity index (χ3v) is 3.89. The van der Waals surface area contributed by atoms with Gasteiger partial charge < -0.3 is 15.8 Å². The molecule has 19 heavy (non-hydrogen) atoms. The fourth-order valence-corrected chi connectivity index (χ4v) is 2.52. The largest absolute Gasteiger partial charge is 0.397 e. The third kappa shape index (κ3) is 6.35. The Bertz CT molecular complexity index is 438. The van der Waals surface area contributed by atoms with Crippen LogP contribution in [-0.2, 0) is 20.3 Å². The van der Waals surface area contributed by atoms with E-state index in [1.807, 2.05) is 12.1 Å². The lowest BCUT2D eigenvalue weighted by Crippen LogP contribution is -2.14. The average molecular weight is 284 g/mol. The molecule has 1 aromatic rings. The molecule has 1 unspecified atom stereocenters. The standard InChI is InChI=1S/C13H20N2O3S/c1-18-8-10-19(17)9-4-7-13(16)15-12-6-3-2-5-11(12)14/h2-3,5-6H,4,7-10,14H2,1H3,(H,15,16). The van der Waals surface area contributed by atoms with E-state index in [2.05, 4.69) is 5.32 Å². The summed E-state index contributed by atoms with van der Waals surface area (Å²) in [5, 5.41) is 2.74. The molecule has 0 spiro atoms. The SMILES string of the molecule is COCCS(=O)CCCC(=O)Nc1ccccc1N. The number of methoxy groups -OCH3 is 1. The molecule has 1 atom stereocenters. The van der Waals surface area contributed by atoms with Crippen LogP contribution in [0.25, 0.3) is 0 Å². The molecule has 0 saturated carbocycles. The molecule has 1 amide bonds. The summed E-state index contributed by atoms with van der Waals surface area (Å²) in [7, 11) is 0.661. The first kappa shape index (κ1) is 15.7. The van der Waals surface area contributed by atoms with Crippen LogP contribution in [0.4, 0.5) is 11.4 Å². The maximum atomic E-state index is 11.7. The zero-order chi connectivity index (χ0) is 14.1. The fourth-order valence-electron chi connectivity index (χ4n) is 1.50. The Morgan fingerprint density at radius 3 is 2.79 bits per heavy atom. The number of anilines is 2. The molecule has 1 aromatic carbocycles. The van der Waals surface area contributed by atoms with E-state index in [-0.39, 0.29) is 5.91 Å². The van der Waals surface area contributed by atoms with E-state index in [0.29, 0.717) is 42.3 Å². The summed E-state index contributed by atoms with van der Waals surface area (Å²) in [6.45, 7) is 0.485. The molecule has 0 fully saturated rings. The number of para-hydroxylation sites is 2. The number of nitrogen functional groups attached to an aromatic ring is 1. The summed E-state index contributed by atoms with van der Waals surface area (Å²) in [6, 6.07) is 7.11. The van der Waals surface area contributed by atoms with Crippen molar-refractivity contribution in [1.29, 1.82) is 0 Å². The Kier molecular flexibility index (Phi) is 7.14. The first-order valence-corrected chi connectivity index (χ1v) is 7.60. The lowest BCUT2D eigenvalue weighted by Gasteiger charge is -2.07. The molecule has 0 heterocycles. The van der Waals surface area contributed by atoms with Gasteiger partial charge in [-0.15, -0.1) is 0 Å². The molecule has 0 aliphatic rings.